The summed E-state index contributed by atoms with van der Waals surface area (Å²) in [5, 5.41) is 9.60. The summed E-state index contributed by atoms with van der Waals surface area (Å²) in [6.45, 7) is 0. The summed E-state index contributed by atoms with van der Waals surface area (Å²) in [6, 6.07) is 37.7. The van der Waals surface area contributed by atoms with Crippen LogP contribution in [0, 0.1) is 0 Å². The maximum atomic E-state index is 12.4. The van der Waals surface area contributed by atoms with E-state index < -0.39 is 22.2 Å². The van der Waals surface area contributed by atoms with E-state index in [1.807, 2.05) is 97.1 Å². The highest BCUT2D eigenvalue weighted by molar-refractivity contribution is 7.79. The van der Waals surface area contributed by atoms with Gasteiger partial charge in [-0.15, -0.1) is 0 Å². The van der Waals surface area contributed by atoms with E-state index in [0.717, 1.165) is 33.3 Å². The van der Waals surface area contributed by atoms with Crippen LogP contribution < -0.4 is 10.6 Å². The molecule has 4 N–H and O–H groups in total. The molecule has 0 fully saturated rings. The van der Waals surface area contributed by atoms with Gasteiger partial charge < -0.3 is 19.7 Å². The number of benzene rings is 6. The molecule has 2 unspecified atom stereocenters. The van der Waals surface area contributed by atoms with Gasteiger partial charge in [0.15, 0.2) is 22.2 Å². The van der Waals surface area contributed by atoms with Crippen LogP contribution >= 0.6 is 0 Å². The Labute approximate surface area is 236 Å². The lowest BCUT2D eigenvalue weighted by molar-refractivity contribution is 0.564. The Morgan fingerprint density at radius 2 is 0.850 bits per heavy atom. The van der Waals surface area contributed by atoms with Crippen LogP contribution in [0.3, 0.4) is 0 Å². The van der Waals surface area contributed by atoms with Crippen LogP contribution in [0.4, 0.5) is 22.7 Å². The molecule has 6 nitrogen and oxygen atoms in total. The molecular weight excluding hydrogens is 540 g/mol. The molecule has 0 saturated heterocycles. The van der Waals surface area contributed by atoms with E-state index in [-0.39, 0.29) is 0 Å². The molecular formula is C32H24N2O4S2. The largest absolute Gasteiger partial charge is 0.355 e. The van der Waals surface area contributed by atoms with Crippen molar-refractivity contribution < 1.29 is 17.5 Å². The Kier molecular flexibility index (Phi) is 7.15. The van der Waals surface area contributed by atoms with Crippen LogP contribution in [-0.2, 0) is 22.2 Å². The van der Waals surface area contributed by atoms with Crippen LogP contribution in [-0.4, -0.2) is 17.5 Å². The van der Waals surface area contributed by atoms with Crippen LogP contribution in [0.2, 0.25) is 0 Å². The molecule has 40 heavy (non-hydrogen) atoms. The Morgan fingerprint density at radius 1 is 0.450 bits per heavy atom. The summed E-state index contributed by atoms with van der Waals surface area (Å²) in [7, 11) is 0. The van der Waals surface area contributed by atoms with Crippen molar-refractivity contribution in [2.24, 2.45) is 0 Å². The zero-order valence-corrected chi connectivity index (χ0v) is 22.7. The molecule has 6 rings (SSSR count). The molecule has 2 atom stereocenters. The van der Waals surface area contributed by atoms with Crippen molar-refractivity contribution in [3.05, 3.63) is 121 Å². The first-order chi connectivity index (χ1) is 19.5. The van der Waals surface area contributed by atoms with Crippen molar-refractivity contribution in [3.63, 3.8) is 0 Å². The maximum Gasteiger partial charge on any atom is 0.187 e. The minimum absolute atomic E-state index is 0.293. The molecule has 0 heterocycles. The normalized spacial score (nSPS) is 12.8. The smallest absolute Gasteiger partial charge is 0.187 e. The van der Waals surface area contributed by atoms with Gasteiger partial charge in [0.05, 0.1) is 9.79 Å². The number of para-hydroxylation sites is 2. The second kappa shape index (κ2) is 11.0. The van der Waals surface area contributed by atoms with Gasteiger partial charge in [0.1, 0.15) is 0 Å². The minimum Gasteiger partial charge on any atom is -0.355 e. The first-order valence-electron chi connectivity index (χ1n) is 12.5. The monoisotopic (exact) mass is 564 g/mol. The highest BCUT2D eigenvalue weighted by Gasteiger charge is 2.19. The lowest BCUT2D eigenvalue weighted by Crippen LogP contribution is -1.99. The van der Waals surface area contributed by atoms with Crippen molar-refractivity contribution in [1.82, 2.24) is 0 Å². The molecule has 198 valence electrons. The van der Waals surface area contributed by atoms with E-state index in [1.165, 1.54) is 0 Å². The summed E-state index contributed by atoms with van der Waals surface area (Å²) in [4.78, 5) is 0.586. The second-order valence-electron chi connectivity index (χ2n) is 9.16. The van der Waals surface area contributed by atoms with Crippen molar-refractivity contribution >= 4 is 66.5 Å². The van der Waals surface area contributed by atoms with Crippen LogP contribution in [0.15, 0.2) is 131 Å². The van der Waals surface area contributed by atoms with Gasteiger partial charge in [0, 0.05) is 33.5 Å². The third-order valence-electron chi connectivity index (χ3n) is 6.78. The first-order valence-corrected chi connectivity index (χ1v) is 14.7. The summed E-state index contributed by atoms with van der Waals surface area (Å²) >= 11 is -4.45. The van der Waals surface area contributed by atoms with E-state index in [0.29, 0.717) is 31.9 Å². The summed E-state index contributed by atoms with van der Waals surface area (Å²) < 4.78 is 45.3. The topological polar surface area (TPSA) is 98.7 Å². The molecule has 6 aromatic carbocycles. The average molecular weight is 565 g/mol. The van der Waals surface area contributed by atoms with Gasteiger partial charge in [-0.1, -0.05) is 72.8 Å². The van der Waals surface area contributed by atoms with Crippen LogP contribution in [0.1, 0.15) is 0 Å². The Bertz CT molecular complexity index is 1770. The summed E-state index contributed by atoms with van der Waals surface area (Å²) in [6.07, 6.45) is 0. The fourth-order valence-electron chi connectivity index (χ4n) is 5.07. The highest BCUT2D eigenvalue weighted by atomic mass is 32.2. The van der Waals surface area contributed by atoms with Crippen molar-refractivity contribution in [1.29, 1.82) is 0 Å². The Hall–Kier alpha value is -4.34. The van der Waals surface area contributed by atoms with Gasteiger partial charge in [-0.25, -0.2) is 8.42 Å². The minimum atomic E-state index is -2.22. The molecule has 0 radical (unpaired) electrons. The third-order valence-corrected chi connectivity index (χ3v) is 8.21. The Balaban J connectivity index is 1.61. The van der Waals surface area contributed by atoms with E-state index in [9.17, 15) is 17.5 Å². The molecule has 0 aliphatic heterocycles. The van der Waals surface area contributed by atoms with E-state index in [1.54, 1.807) is 24.3 Å². The number of rotatable bonds is 7. The number of hydrogen-bond acceptors (Lipinski definition) is 4. The predicted molar refractivity (Wildman–Crippen MR) is 164 cm³/mol. The lowest BCUT2D eigenvalue weighted by atomic mass is 9.92. The van der Waals surface area contributed by atoms with Gasteiger partial charge in [-0.3, -0.25) is 0 Å². The fourth-order valence-corrected chi connectivity index (χ4v) is 6.25. The number of nitrogens with one attached hydrogen (secondary N) is 2. The lowest BCUT2D eigenvalue weighted by Gasteiger charge is -2.19. The molecule has 8 heteroatoms. The van der Waals surface area contributed by atoms with Crippen molar-refractivity contribution in [2.45, 2.75) is 9.79 Å². The first kappa shape index (κ1) is 25.9. The molecule has 0 aliphatic rings. The zero-order chi connectivity index (χ0) is 27.6. The SMILES string of the molecule is O=S(O)c1cccc2c(-c3ccc(Nc4ccccc4)c4c(S(=O)O)cccc34)ccc(Nc3ccccc3)c12. The van der Waals surface area contributed by atoms with Crippen molar-refractivity contribution in [2.75, 3.05) is 10.6 Å². The summed E-state index contributed by atoms with van der Waals surface area (Å²) in [5.41, 5.74) is 4.77. The molecule has 0 bridgehead atoms. The van der Waals surface area contributed by atoms with Gasteiger partial charge in [0.25, 0.3) is 0 Å². The molecule has 6 aromatic rings. The standard InChI is InChI=1S/C32H24N2O4S2/c35-39(36)29-15-7-13-25-23(17-19-27(31(25)29)33-21-9-3-1-4-10-21)24-18-20-28(34-22-11-5-2-6-12-22)32-26(24)14-8-16-30(32)40(37)38/h1-20,33-34H,(H,35,36)(H,37,38). The summed E-state index contributed by atoms with van der Waals surface area (Å²) in [5.74, 6) is 0. The Morgan fingerprint density at radius 3 is 1.23 bits per heavy atom. The molecule has 0 saturated carbocycles. The molecule has 0 aliphatic carbocycles. The highest BCUT2D eigenvalue weighted by Crippen LogP contribution is 2.42. The van der Waals surface area contributed by atoms with E-state index >= 15 is 0 Å². The quantitative estimate of drug-likeness (QED) is 0.146. The number of anilines is 4. The van der Waals surface area contributed by atoms with Gasteiger partial charge in [-0.05, 0) is 70.4 Å². The average Bonchev–Trinajstić information content (AvgIpc) is 2.98. The molecule has 0 aromatic heterocycles. The van der Waals surface area contributed by atoms with Crippen LogP contribution in [0.5, 0.6) is 0 Å². The van der Waals surface area contributed by atoms with E-state index in [4.69, 9.17) is 0 Å². The zero-order valence-electron chi connectivity index (χ0n) is 21.1. The molecule has 0 amide bonds. The maximum absolute atomic E-state index is 12.4. The van der Waals surface area contributed by atoms with Gasteiger partial charge >= 0.3 is 0 Å². The van der Waals surface area contributed by atoms with E-state index in [2.05, 4.69) is 10.6 Å². The number of hydrogen-bond donors (Lipinski definition) is 4. The molecule has 0 spiro atoms. The second-order valence-corrected chi connectivity index (χ2v) is 11.0. The van der Waals surface area contributed by atoms with Gasteiger partial charge in [0.2, 0.25) is 0 Å². The third kappa shape index (κ3) is 4.89. The van der Waals surface area contributed by atoms with Gasteiger partial charge in [-0.2, -0.15) is 0 Å². The predicted octanol–water partition coefficient (Wildman–Crippen LogP) is 8.31. The van der Waals surface area contributed by atoms with Crippen molar-refractivity contribution in [3.8, 4) is 11.1 Å². The number of fused-ring (bicyclic) bond motifs is 2. The fraction of sp³-hybridized carbons (Fsp3) is 0. The van der Waals surface area contributed by atoms with Crippen LogP contribution in [0.25, 0.3) is 32.7 Å².